The molecule has 1 unspecified atom stereocenters. The molecule has 0 aliphatic rings. The van der Waals surface area contributed by atoms with E-state index in [0.717, 1.165) is 5.56 Å². The number of nitrogens with one attached hydrogen (secondary N) is 1. The molecule has 0 fully saturated rings. The van der Waals surface area contributed by atoms with Crippen molar-refractivity contribution in [1.82, 2.24) is 5.32 Å². The van der Waals surface area contributed by atoms with Gasteiger partial charge in [0.15, 0.2) is 0 Å². The van der Waals surface area contributed by atoms with Crippen molar-refractivity contribution in [3.63, 3.8) is 0 Å². The fourth-order valence-electron chi connectivity index (χ4n) is 1.81. The molecule has 22 heavy (non-hydrogen) atoms. The average Bonchev–Trinajstić information content (AvgIpc) is 2.50. The normalized spacial score (nSPS) is 11.7. The van der Waals surface area contributed by atoms with Crippen LogP contribution in [-0.4, -0.2) is 37.3 Å². The lowest BCUT2D eigenvalue weighted by atomic mass is 10.1. The van der Waals surface area contributed by atoms with E-state index in [4.69, 9.17) is 14.6 Å². The predicted octanol–water partition coefficient (Wildman–Crippen LogP) is 1.83. The third-order valence-corrected chi connectivity index (χ3v) is 3.06. The summed E-state index contributed by atoms with van der Waals surface area (Å²) in [5.41, 5.74) is 0.968. The molecule has 0 saturated heterocycles. The summed E-state index contributed by atoms with van der Waals surface area (Å²) >= 11 is 0. The van der Waals surface area contributed by atoms with Gasteiger partial charge in [-0.1, -0.05) is 19.1 Å². The zero-order valence-electron chi connectivity index (χ0n) is 13.0. The molecule has 1 amide bonds. The Morgan fingerprint density at radius 2 is 1.95 bits per heavy atom. The second-order valence-corrected chi connectivity index (χ2v) is 5.06. The summed E-state index contributed by atoms with van der Waals surface area (Å²) in [6, 6.07) is 7.35. The number of methoxy groups -OCH3 is 1. The highest BCUT2D eigenvalue weighted by Gasteiger charge is 2.11. The number of carboxylic acid groups (broad SMARTS) is 1. The smallest absolute Gasteiger partial charge is 0.303 e. The van der Waals surface area contributed by atoms with Gasteiger partial charge in [0.25, 0.3) is 0 Å². The molecule has 0 spiro atoms. The van der Waals surface area contributed by atoms with E-state index >= 15 is 0 Å². The van der Waals surface area contributed by atoms with Gasteiger partial charge in [0.1, 0.15) is 5.75 Å². The molecule has 2 N–H and O–H groups in total. The van der Waals surface area contributed by atoms with Crippen molar-refractivity contribution in [1.29, 1.82) is 0 Å². The highest BCUT2D eigenvalue weighted by atomic mass is 16.5. The number of hydrogen-bond donors (Lipinski definition) is 2. The topological polar surface area (TPSA) is 84.9 Å². The highest BCUT2D eigenvalue weighted by molar-refractivity contribution is 5.78. The molecule has 1 rings (SSSR count). The van der Waals surface area contributed by atoms with Gasteiger partial charge >= 0.3 is 5.97 Å². The Balaban J connectivity index is 2.32. The molecule has 1 aromatic rings. The fraction of sp³-hybridized carbons (Fsp3) is 0.500. The molecular formula is C16H23NO5. The minimum atomic E-state index is -0.822. The third-order valence-electron chi connectivity index (χ3n) is 3.06. The van der Waals surface area contributed by atoms with Crippen LogP contribution in [-0.2, 0) is 20.9 Å². The van der Waals surface area contributed by atoms with Gasteiger partial charge in [-0.2, -0.15) is 0 Å². The molecule has 0 radical (unpaired) electrons. The van der Waals surface area contributed by atoms with Crippen molar-refractivity contribution in [3.8, 4) is 5.75 Å². The van der Waals surface area contributed by atoms with E-state index in [1.165, 1.54) is 0 Å². The summed E-state index contributed by atoms with van der Waals surface area (Å²) in [4.78, 5) is 22.1. The Bertz CT molecular complexity index is 472. The number of rotatable bonds is 10. The summed E-state index contributed by atoms with van der Waals surface area (Å²) < 4.78 is 10.4. The lowest BCUT2D eigenvalue weighted by Gasteiger charge is -2.11. The number of carboxylic acids is 1. The van der Waals surface area contributed by atoms with E-state index in [1.54, 1.807) is 19.2 Å². The summed E-state index contributed by atoms with van der Waals surface area (Å²) in [5.74, 6) is -0.358. The van der Waals surface area contributed by atoms with E-state index in [9.17, 15) is 9.59 Å². The maximum Gasteiger partial charge on any atom is 0.303 e. The summed E-state index contributed by atoms with van der Waals surface area (Å²) in [6.45, 7) is 3.03. The molecule has 1 aromatic carbocycles. The van der Waals surface area contributed by atoms with Crippen molar-refractivity contribution >= 4 is 11.9 Å². The van der Waals surface area contributed by atoms with Crippen molar-refractivity contribution < 1.29 is 24.2 Å². The van der Waals surface area contributed by atoms with E-state index in [2.05, 4.69) is 5.32 Å². The van der Waals surface area contributed by atoms with E-state index in [0.29, 0.717) is 31.9 Å². The van der Waals surface area contributed by atoms with Gasteiger partial charge in [-0.15, -0.1) is 0 Å². The molecule has 0 bridgehead atoms. The van der Waals surface area contributed by atoms with Crippen molar-refractivity contribution in [3.05, 3.63) is 29.8 Å². The van der Waals surface area contributed by atoms with E-state index in [-0.39, 0.29) is 18.2 Å². The van der Waals surface area contributed by atoms with Gasteiger partial charge in [0.05, 0.1) is 19.1 Å². The number of carbonyl (C=O) groups is 2. The summed E-state index contributed by atoms with van der Waals surface area (Å²) in [7, 11) is 1.57. The SMILES string of the molecule is COCC(C)C(=O)NCc1ccc(OCCCC(=O)O)cc1. The van der Waals surface area contributed by atoms with Gasteiger partial charge in [-0.3, -0.25) is 9.59 Å². The molecule has 0 aliphatic carbocycles. The molecule has 0 aromatic heterocycles. The summed E-state index contributed by atoms with van der Waals surface area (Å²) in [5, 5.41) is 11.4. The van der Waals surface area contributed by atoms with Crippen molar-refractivity contribution in [2.45, 2.75) is 26.3 Å². The Labute approximate surface area is 130 Å². The fourth-order valence-corrected chi connectivity index (χ4v) is 1.81. The standard InChI is InChI=1S/C16H23NO5/c1-12(11-21-2)16(20)17-10-13-5-7-14(8-6-13)22-9-3-4-15(18)19/h5-8,12H,3-4,9-11H2,1-2H3,(H,17,20)(H,18,19). The Morgan fingerprint density at radius 3 is 2.55 bits per heavy atom. The van der Waals surface area contributed by atoms with Crippen LogP contribution in [0.4, 0.5) is 0 Å². The first kappa shape index (κ1) is 18.0. The van der Waals surface area contributed by atoms with Crippen LogP contribution in [0.1, 0.15) is 25.3 Å². The first-order chi connectivity index (χ1) is 10.5. The minimum absolute atomic E-state index is 0.0455. The quantitative estimate of drug-likeness (QED) is 0.644. The van der Waals surface area contributed by atoms with Crippen LogP contribution in [0.3, 0.4) is 0 Å². The van der Waals surface area contributed by atoms with Gasteiger partial charge in [0, 0.05) is 20.1 Å². The molecule has 6 heteroatoms. The first-order valence-electron chi connectivity index (χ1n) is 7.23. The van der Waals surface area contributed by atoms with Gasteiger partial charge < -0.3 is 19.9 Å². The van der Waals surface area contributed by atoms with Crippen molar-refractivity contribution in [2.75, 3.05) is 20.3 Å². The van der Waals surface area contributed by atoms with Crippen LogP contribution in [0.15, 0.2) is 24.3 Å². The third kappa shape index (κ3) is 7.08. The lowest BCUT2D eigenvalue weighted by molar-refractivity contribution is -0.137. The zero-order valence-corrected chi connectivity index (χ0v) is 13.0. The molecule has 122 valence electrons. The molecule has 0 heterocycles. The second kappa shape index (κ2) is 9.78. The molecular weight excluding hydrogens is 286 g/mol. The Kier molecular flexibility index (Phi) is 7.99. The van der Waals surface area contributed by atoms with E-state index < -0.39 is 5.97 Å². The largest absolute Gasteiger partial charge is 0.494 e. The second-order valence-electron chi connectivity index (χ2n) is 5.06. The number of aliphatic carboxylic acids is 1. The van der Waals surface area contributed by atoms with Crippen LogP contribution in [0.2, 0.25) is 0 Å². The Morgan fingerprint density at radius 1 is 1.27 bits per heavy atom. The van der Waals surface area contributed by atoms with Crippen LogP contribution in [0.25, 0.3) is 0 Å². The summed E-state index contributed by atoms with van der Waals surface area (Å²) in [6.07, 6.45) is 0.578. The molecule has 0 saturated carbocycles. The number of hydrogen-bond acceptors (Lipinski definition) is 4. The van der Waals surface area contributed by atoms with Gasteiger partial charge in [-0.05, 0) is 24.1 Å². The molecule has 1 atom stereocenters. The van der Waals surface area contributed by atoms with Crippen LogP contribution >= 0.6 is 0 Å². The number of carbonyl (C=O) groups excluding carboxylic acids is 1. The number of amides is 1. The first-order valence-corrected chi connectivity index (χ1v) is 7.23. The van der Waals surface area contributed by atoms with Gasteiger partial charge in [-0.25, -0.2) is 0 Å². The monoisotopic (exact) mass is 309 g/mol. The molecule has 0 aliphatic heterocycles. The number of ether oxygens (including phenoxy) is 2. The molecule has 6 nitrogen and oxygen atoms in total. The van der Waals surface area contributed by atoms with Crippen LogP contribution in [0.5, 0.6) is 5.75 Å². The number of benzene rings is 1. The highest BCUT2D eigenvalue weighted by Crippen LogP contribution is 2.12. The van der Waals surface area contributed by atoms with E-state index in [1.807, 2.05) is 19.1 Å². The zero-order chi connectivity index (χ0) is 16.4. The minimum Gasteiger partial charge on any atom is -0.494 e. The van der Waals surface area contributed by atoms with Gasteiger partial charge in [0.2, 0.25) is 5.91 Å². The Hall–Kier alpha value is -2.08. The van der Waals surface area contributed by atoms with Crippen LogP contribution < -0.4 is 10.1 Å². The average molecular weight is 309 g/mol. The maximum absolute atomic E-state index is 11.7. The van der Waals surface area contributed by atoms with Crippen LogP contribution in [0, 0.1) is 5.92 Å². The lowest BCUT2D eigenvalue weighted by Crippen LogP contribution is -2.30. The predicted molar refractivity (Wildman–Crippen MR) is 81.7 cm³/mol. The van der Waals surface area contributed by atoms with Crippen molar-refractivity contribution in [2.24, 2.45) is 5.92 Å². The maximum atomic E-state index is 11.7.